The minimum absolute atomic E-state index is 0. The van der Waals surface area contributed by atoms with Crippen LogP contribution in [0.3, 0.4) is 0 Å². The maximum atomic E-state index is 14.3. The van der Waals surface area contributed by atoms with E-state index in [0.29, 0.717) is 17.7 Å². The van der Waals surface area contributed by atoms with Crippen molar-refractivity contribution in [2.45, 2.75) is 6.42 Å². The van der Waals surface area contributed by atoms with Gasteiger partial charge in [0.25, 0.3) is 5.91 Å². The average molecular weight is 437 g/mol. The molecule has 4 rings (SSSR count). The van der Waals surface area contributed by atoms with Gasteiger partial charge in [0, 0.05) is 17.7 Å². The molecule has 0 aromatic heterocycles. The number of carbonyl (C=O) groups is 1. The van der Waals surface area contributed by atoms with Crippen LogP contribution in [0.25, 0.3) is 11.1 Å². The van der Waals surface area contributed by atoms with Crippen LogP contribution < -0.4 is 4.90 Å². The van der Waals surface area contributed by atoms with Gasteiger partial charge in [0.2, 0.25) is 0 Å². The topological polar surface area (TPSA) is 23.6 Å². The molecule has 0 spiro atoms. The van der Waals surface area contributed by atoms with Crippen molar-refractivity contribution in [2.24, 2.45) is 0 Å². The largest absolute Gasteiger partial charge is 0.309 e. The van der Waals surface area contributed by atoms with E-state index in [1.54, 1.807) is 11.0 Å². The first-order valence-electron chi connectivity index (χ1n) is 10.2. The molecule has 3 aromatic carbocycles. The molecule has 0 saturated heterocycles. The van der Waals surface area contributed by atoms with E-state index in [4.69, 9.17) is 0 Å². The van der Waals surface area contributed by atoms with Crippen molar-refractivity contribution >= 4 is 35.1 Å². The zero-order chi connectivity index (χ0) is 21.1. The van der Waals surface area contributed by atoms with Crippen LogP contribution in [0.2, 0.25) is 0 Å². The molecule has 5 heteroatoms. The summed E-state index contributed by atoms with van der Waals surface area (Å²) in [5, 5.41) is 0. The highest BCUT2D eigenvalue weighted by Gasteiger charge is 2.35. The highest BCUT2D eigenvalue weighted by molar-refractivity contribution is 6.38. The van der Waals surface area contributed by atoms with E-state index < -0.39 is 0 Å². The highest BCUT2D eigenvalue weighted by atomic mass is 35.5. The summed E-state index contributed by atoms with van der Waals surface area (Å²) >= 11 is 0. The van der Waals surface area contributed by atoms with Gasteiger partial charge >= 0.3 is 0 Å². The summed E-state index contributed by atoms with van der Waals surface area (Å²) in [7, 11) is 4.03. The molecule has 0 unspecified atom stereocenters. The van der Waals surface area contributed by atoms with Crippen LogP contribution >= 0.6 is 12.4 Å². The molecule has 0 N–H and O–H groups in total. The normalized spacial score (nSPS) is 12.7. The maximum Gasteiger partial charge on any atom is 0.259 e. The SMILES string of the molecule is CN(C)CCCN1C(=O)C(=C(c2ccccc2)c2ccccc2)c2cc(F)ccc21.Cl. The van der Waals surface area contributed by atoms with Crippen molar-refractivity contribution in [3.63, 3.8) is 0 Å². The summed E-state index contributed by atoms with van der Waals surface area (Å²) in [4.78, 5) is 17.6. The van der Waals surface area contributed by atoms with Crippen LogP contribution in [0.5, 0.6) is 0 Å². The Kier molecular flexibility index (Phi) is 7.26. The number of anilines is 1. The Hall–Kier alpha value is -2.95. The van der Waals surface area contributed by atoms with E-state index in [1.807, 2.05) is 74.8 Å². The monoisotopic (exact) mass is 436 g/mol. The van der Waals surface area contributed by atoms with E-state index in [-0.39, 0.29) is 24.1 Å². The van der Waals surface area contributed by atoms with E-state index in [1.165, 1.54) is 12.1 Å². The summed E-state index contributed by atoms with van der Waals surface area (Å²) in [6, 6.07) is 24.4. The quantitative estimate of drug-likeness (QED) is 0.476. The van der Waals surface area contributed by atoms with Gasteiger partial charge in [-0.3, -0.25) is 4.79 Å². The number of fused-ring (bicyclic) bond motifs is 1. The van der Waals surface area contributed by atoms with Crippen molar-refractivity contribution in [1.29, 1.82) is 0 Å². The molecule has 0 aliphatic carbocycles. The third-order valence-corrected chi connectivity index (χ3v) is 5.34. The van der Waals surface area contributed by atoms with Crippen molar-refractivity contribution in [3.05, 3.63) is 101 Å². The fourth-order valence-electron chi connectivity index (χ4n) is 3.98. The van der Waals surface area contributed by atoms with E-state index in [2.05, 4.69) is 4.90 Å². The van der Waals surface area contributed by atoms with Crippen LogP contribution in [-0.4, -0.2) is 38.0 Å². The number of carbonyl (C=O) groups excluding carboxylic acids is 1. The number of rotatable bonds is 6. The van der Waals surface area contributed by atoms with Gasteiger partial charge in [0.1, 0.15) is 5.82 Å². The Morgan fingerprint density at radius 1 is 0.903 bits per heavy atom. The summed E-state index contributed by atoms with van der Waals surface area (Å²) in [5.41, 5.74) is 4.72. The van der Waals surface area contributed by atoms with Crippen molar-refractivity contribution in [1.82, 2.24) is 4.90 Å². The molecule has 160 valence electrons. The Morgan fingerprint density at radius 3 is 2.03 bits per heavy atom. The number of hydrogen-bond acceptors (Lipinski definition) is 2. The highest BCUT2D eigenvalue weighted by Crippen LogP contribution is 2.43. The van der Waals surface area contributed by atoms with Crippen LogP contribution in [0.4, 0.5) is 10.1 Å². The third kappa shape index (κ3) is 4.71. The Balaban J connectivity index is 0.00000272. The molecular formula is C26H26ClFN2O. The second-order valence-corrected chi connectivity index (χ2v) is 7.76. The first-order chi connectivity index (χ1) is 14.6. The Bertz CT molecular complexity index is 1040. The molecule has 1 aliphatic heterocycles. The predicted molar refractivity (Wildman–Crippen MR) is 128 cm³/mol. The van der Waals surface area contributed by atoms with Gasteiger partial charge in [-0.1, -0.05) is 60.7 Å². The number of halogens is 2. The maximum absolute atomic E-state index is 14.3. The van der Waals surface area contributed by atoms with Crippen LogP contribution in [0.1, 0.15) is 23.1 Å². The summed E-state index contributed by atoms with van der Waals surface area (Å²) in [5.74, 6) is -0.410. The van der Waals surface area contributed by atoms with Gasteiger partial charge < -0.3 is 9.80 Å². The summed E-state index contributed by atoms with van der Waals surface area (Å²) in [6.45, 7) is 1.47. The molecule has 3 aromatic rings. The molecule has 1 aliphatic rings. The molecule has 0 saturated carbocycles. The second-order valence-electron chi connectivity index (χ2n) is 7.76. The van der Waals surface area contributed by atoms with Crippen molar-refractivity contribution in [3.8, 4) is 0 Å². The predicted octanol–water partition coefficient (Wildman–Crippen LogP) is 5.50. The zero-order valence-electron chi connectivity index (χ0n) is 17.7. The van der Waals surface area contributed by atoms with Gasteiger partial charge in [0.05, 0.1) is 11.3 Å². The van der Waals surface area contributed by atoms with E-state index in [9.17, 15) is 9.18 Å². The molecular weight excluding hydrogens is 411 g/mol. The standard InChI is InChI=1S/C26H25FN2O.ClH/c1-28(2)16-9-17-29-23-15-14-21(27)18-22(23)25(26(29)30)24(19-10-5-3-6-11-19)20-12-7-4-8-13-20;/h3-8,10-15,18H,9,16-17H2,1-2H3;1H. The van der Waals surface area contributed by atoms with Gasteiger partial charge in [-0.05, 0) is 56.4 Å². The lowest BCUT2D eigenvalue weighted by atomic mass is 9.90. The molecule has 0 bridgehead atoms. The second kappa shape index (κ2) is 9.90. The third-order valence-electron chi connectivity index (χ3n) is 5.34. The number of benzene rings is 3. The van der Waals surface area contributed by atoms with Gasteiger partial charge in [0.15, 0.2) is 0 Å². The lowest BCUT2D eigenvalue weighted by Crippen LogP contribution is -2.30. The van der Waals surface area contributed by atoms with Gasteiger partial charge in [-0.2, -0.15) is 0 Å². The van der Waals surface area contributed by atoms with Crippen LogP contribution in [0.15, 0.2) is 78.9 Å². The lowest BCUT2D eigenvalue weighted by molar-refractivity contribution is -0.113. The molecule has 1 amide bonds. The average Bonchev–Trinajstić information content (AvgIpc) is 3.01. The fraction of sp³-hybridized carbons (Fsp3) is 0.192. The molecule has 3 nitrogen and oxygen atoms in total. The van der Waals surface area contributed by atoms with Gasteiger partial charge in [-0.25, -0.2) is 4.39 Å². The smallest absolute Gasteiger partial charge is 0.259 e. The zero-order valence-corrected chi connectivity index (χ0v) is 18.5. The fourth-order valence-corrected chi connectivity index (χ4v) is 3.98. The molecule has 0 fully saturated rings. The van der Waals surface area contributed by atoms with E-state index in [0.717, 1.165) is 35.4 Å². The molecule has 1 heterocycles. The number of hydrogen-bond donors (Lipinski definition) is 0. The van der Waals surface area contributed by atoms with Gasteiger partial charge in [-0.15, -0.1) is 12.4 Å². The molecule has 0 radical (unpaired) electrons. The summed E-state index contributed by atoms with van der Waals surface area (Å²) < 4.78 is 14.3. The number of nitrogens with zero attached hydrogens (tertiary/aromatic N) is 2. The minimum Gasteiger partial charge on any atom is -0.309 e. The van der Waals surface area contributed by atoms with Crippen molar-refractivity contribution < 1.29 is 9.18 Å². The van der Waals surface area contributed by atoms with Crippen LogP contribution in [-0.2, 0) is 4.79 Å². The summed E-state index contributed by atoms with van der Waals surface area (Å²) in [6.07, 6.45) is 0.842. The molecule has 0 atom stereocenters. The van der Waals surface area contributed by atoms with Crippen LogP contribution in [0, 0.1) is 5.82 Å². The lowest BCUT2D eigenvalue weighted by Gasteiger charge is -2.19. The Labute approximate surface area is 189 Å². The number of amides is 1. The first-order valence-corrected chi connectivity index (χ1v) is 10.2. The first kappa shape index (κ1) is 22.7. The van der Waals surface area contributed by atoms with Crippen molar-refractivity contribution in [2.75, 3.05) is 32.1 Å². The minimum atomic E-state index is -0.338. The van der Waals surface area contributed by atoms with E-state index >= 15 is 0 Å². The molecule has 31 heavy (non-hydrogen) atoms. The Morgan fingerprint density at radius 2 is 1.48 bits per heavy atom.